The summed E-state index contributed by atoms with van der Waals surface area (Å²) in [5, 5.41) is 18.9. The van der Waals surface area contributed by atoms with Crippen molar-refractivity contribution < 1.29 is 19.8 Å². The smallest absolute Gasteiger partial charge is 0.319 e. The van der Waals surface area contributed by atoms with Gasteiger partial charge in [-0.25, -0.2) is 0 Å². The molecular formula is C11H17NO4. The molecule has 0 spiro atoms. The van der Waals surface area contributed by atoms with Crippen molar-refractivity contribution in [2.75, 3.05) is 13.1 Å². The van der Waals surface area contributed by atoms with E-state index < -0.39 is 17.0 Å². The molecule has 1 atom stereocenters. The molecule has 1 unspecified atom stereocenters. The molecule has 2 rings (SSSR count). The molecule has 1 aliphatic carbocycles. The van der Waals surface area contributed by atoms with Crippen LogP contribution in [0.2, 0.25) is 0 Å². The second kappa shape index (κ2) is 3.45. The molecular weight excluding hydrogens is 210 g/mol. The van der Waals surface area contributed by atoms with Crippen LogP contribution in [-0.2, 0) is 9.59 Å². The first-order valence-electron chi connectivity index (χ1n) is 5.63. The number of aliphatic hydroxyl groups is 1. The van der Waals surface area contributed by atoms with Crippen LogP contribution in [0.3, 0.4) is 0 Å². The number of carbonyl (C=O) groups excluding carboxylic acids is 1. The van der Waals surface area contributed by atoms with E-state index in [1.54, 1.807) is 6.92 Å². The number of carbonyl (C=O) groups is 2. The highest BCUT2D eigenvalue weighted by atomic mass is 16.4. The Morgan fingerprint density at radius 3 is 2.31 bits per heavy atom. The first-order valence-corrected chi connectivity index (χ1v) is 5.63. The number of nitrogens with zero attached hydrogens (tertiary/aromatic N) is 1. The van der Waals surface area contributed by atoms with E-state index in [9.17, 15) is 14.7 Å². The minimum atomic E-state index is -1.17. The summed E-state index contributed by atoms with van der Waals surface area (Å²) in [6.07, 6.45) is 2.25. The van der Waals surface area contributed by atoms with Crippen molar-refractivity contribution in [1.29, 1.82) is 0 Å². The Labute approximate surface area is 94.0 Å². The molecule has 2 N–H and O–H groups in total. The summed E-state index contributed by atoms with van der Waals surface area (Å²) in [4.78, 5) is 24.6. The second-order valence-corrected chi connectivity index (χ2v) is 5.21. The van der Waals surface area contributed by atoms with Gasteiger partial charge in [0.05, 0.1) is 5.60 Å². The molecule has 1 saturated heterocycles. The average molecular weight is 227 g/mol. The number of hydrogen-bond acceptors (Lipinski definition) is 3. The maximum Gasteiger partial charge on any atom is 0.319 e. The Morgan fingerprint density at radius 1 is 1.25 bits per heavy atom. The predicted octanol–water partition coefficient (Wildman–Crippen LogP) is 0.225. The summed E-state index contributed by atoms with van der Waals surface area (Å²) in [6.45, 7) is 2.50. The van der Waals surface area contributed by atoms with Gasteiger partial charge in [-0.1, -0.05) is 0 Å². The van der Waals surface area contributed by atoms with Crippen molar-refractivity contribution in [2.45, 2.75) is 38.2 Å². The maximum absolute atomic E-state index is 12.0. The van der Waals surface area contributed by atoms with Crippen molar-refractivity contribution in [3.05, 3.63) is 0 Å². The van der Waals surface area contributed by atoms with Crippen molar-refractivity contribution in [2.24, 2.45) is 5.41 Å². The minimum absolute atomic E-state index is 0.251. The highest BCUT2D eigenvalue weighted by Crippen LogP contribution is 2.48. The zero-order chi connectivity index (χ0) is 12.0. The van der Waals surface area contributed by atoms with Crippen LogP contribution in [0.15, 0.2) is 0 Å². The van der Waals surface area contributed by atoms with E-state index in [0.29, 0.717) is 25.8 Å². The van der Waals surface area contributed by atoms with E-state index >= 15 is 0 Å². The third kappa shape index (κ3) is 1.80. The van der Waals surface area contributed by atoms with E-state index in [1.807, 2.05) is 0 Å². The van der Waals surface area contributed by atoms with Crippen LogP contribution in [0.25, 0.3) is 0 Å². The first-order chi connectivity index (χ1) is 7.37. The fourth-order valence-corrected chi connectivity index (χ4v) is 2.34. The lowest BCUT2D eigenvalue weighted by Crippen LogP contribution is -2.51. The highest BCUT2D eigenvalue weighted by molar-refractivity contribution is 6.04. The molecule has 2 fully saturated rings. The molecule has 1 saturated carbocycles. The summed E-state index contributed by atoms with van der Waals surface area (Å²) in [5.41, 5.74) is -2.05. The molecule has 90 valence electrons. The normalized spacial score (nSPS) is 32.2. The van der Waals surface area contributed by atoms with E-state index in [-0.39, 0.29) is 12.5 Å². The van der Waals surface area contributed by atoms with E-state index in [4.69, 9.17) is 5.11 Å². The Morgan fingerprint density at radius 2 is 1.88 bits per heavy atom. The quantitative estimate of drug-likeness (QED) is 0.662. The lowest BCUT2D eigenvalue weighted by molar-refractivity contribution is -0.156. The summed E-state index contributed by atoms with van der Waals surface area (Å²) in [5.74, 6) is -1.34. The fraction of sp³-hybridized carbons (Fsp3) is 0.818. The van der Waals surface area contributed by atoms with Gasteiger partial charge in [0.2, 0.25) is 5.91 Å². The fourth-order valence-electron chi connectivity index (χ4n) is 2.34. The monoisotopic (exact) mass is 227 g/mol. The lowest BCUT2D eigenvalue weighted by Gasteiger charge is -2.38. The Balaban J connectivity index is 2.08. The third-order valence-corrected chi connectivity index (χ3v) is 3.53. The van der Waals surface area contributed by atoms with Crippen LogP contribution >= 0.6 is 0 Å². The molecule has 1 amide bonds. The largest absolute Gasteiger partial charge is 0.480 e. The van der Waals surface area contributed by atoms with Crippen LogP contribution in [0.5, 0.6) is 0 Å². The van der Waals surface area contributed by atoms with E-state index in [1.165, 1.54) is 4.90 Å². The molecule has 5 heteroatoms. The number of piperidine rings is 1. The summed E-state index contributed by atoms with van der Waals surface area (Å²) in [7, 11) is 0. The maximum atomic E-state index is 12.0. The molecule has 1 heterocycles. The molecule has 2 aliphatic rings. The van der Waals surface area contributed by atoms with Gasteiger partial charge in [0.15, 0.2) is 0 Å². The molecule has 0 aromatic rings. The third-order valence-electron chi connectivity index (χ3n) is 3.53. The highest BCUT2D eigenvalue weighted by Gasteiger charge is 2.59. The van der Waals surface area contributed by atoms with Gasteiger partial charge < -0.3 is 15.1 Å². The molecule has 0 bridgehead atoms. The van der Waals surface area contributed by atoms with E-state index in [2.05, 4.69) is 0 Å². The van der Waals surface area contributed by atoms with Crippen LogP contribution in [-0.4, -0.2) is 45.7 Å². The Bertz CT molecular complexity index is 333. The number of amides is 1. The van der Waals surface area contributed by atoms with Crippen LogP contribution in [0.4, 0.5) is 0 Å². The van der Waals surface area contributed by atoms with Crippen LogP contribution < -0.4 is 0 Å². The van der Waals surface area contributed by atoms with Crippen molar-refractivity contribution >= 4 is 11.9 Å². The molecule has 1 aliphatic heterocycles. The molecule has 0 aromatic heterocycles. The SMILES string of the molecule is CC1(O)CCCN(C(=O)C2(C(=O)O)CC2)C1. The first kappa shape index (κ1) is 11.4. The molecule has 0 aromatic carbocycles. The van der Waals surface area contributed by atoms with Gasteiger partial charge >= 0.3 is 5.97 Å². The lowest BCUT2D eigenvalue weighted by atomic mass is 9.93. The number of likely N-dealkylation sites (tertiary alicyclic amines) is 1. The summed E-state index contributed by atoms with van der Waals surface area (Å²) >= 11 is 0. The number of carboxylic acids is 1. The Kier molecular flexibility index (Phi) is 2.45. The molecule has 16 heavy (non-hydrogen) atoms. The predicted molar refractivity (Wildman–Crippen MR) is 55.7 cm³/mol. The number of β-amino-alcohol motifs (C(OH)–C–C–N with tert-alkyl or cyclic N) is 1. The zero-order valence-electron chi connectivity index (χ0n) is 9.40. The van der Waals surface area contributed by atoms with E-state index in [0.717, 1.165) is 6.42 Å². The second-order valence-electron chi connectivity index (χ2n) is 5.21. The Hall–Kier alpha value is -1.10. The van der Waals surface area contributed by atoms with Gasteiger partial charge in [-0.05, 0) is 32.6 Å². The topological polar surface area (TPSA) is 77.8 Å². The summed E-state index contributed by atoms with van der Waals surface area (Å²) in [6, 6.07) is 0. The number of aliphatic carboxylic acids is 1. The standard InChI is InChI=1S/C11H17NO4/c1-10(16)3-2-6-12(7-10)8(13)11(4-5-11)9(14)15/h16H,2-7H2,1H3,(H,14,15). The van der Waals surface area contributed by atoms with Crippen molar-refractivity contribution in [1.82, 2.24) is 4.90 Å². The number of hydrogen-bond donors (Lipinski definition) is 2. The number of rotatable bonds is 2. The van der Waals surface area contributed by atoms with Gasteiger partial charge in [0, 0.05) is 13.1 Å². The zero-order valence-corrected chi connectivity index (χ0v) is 9.40. The van der Waals surface area contributed by atoms with Gasteiger partial charge in [0.25, 0.3) is 0 Å². The van der Waals surface area contributed by atoms with Crippen molar-refractivity contribution in [3.8, 4) is 0 Å². The van der Waals surface area contributed by atoms with Crippen LogP contribution in [0, 0.1) is 5.41 Å². The summed E-state index contributed by atoms with van der Waals surface area (Å²) < 4.78 is 0. The van der Waals surface area contributed by atoms with Gasteiger partial charge in [-0.2, -0.15) is 0 Å². The molecule has 5 nitrogen and oxygen atoms in total. The van der Waals surface area contributed by atoms with Crippen LogP contribution in [0.1, 0.15) is 32.6 Å². The minimum Gasteiger partial charge on any atom is -0.480 e. The van der Waals surface area contributed by atoms with Gasteiger partial charge in [-0.15, -0.1) is 0 Å². The van der Waals surface area contributed by atoms with Gasteiger partial charge in [-0.3, -0.25) is 9.59 Å². The van der Waals surface area contributed by atoms with Gasteiger partial charge in [0.1, 0.15) is 5.41 Å². The molecule has 0 radical (unpaired) electrons. The number of carboxylic acid groups (broad SMARTS) is 1. The van der Waals surface area contributed by atoms with Crippen molar-refractivity contribution in [3.63, 3.8) is 0 Å². The average Bonchev–Trinajstić information content (AvgIpc) is 2.95.